The second-order valence-corrected chi connectivity index (χ2v) is 6.52. The van der Waals surface area contributed by atoms with Crippen molar-refractivity contribution in [3.05, 3.63) is 36.2 Å². The Balaban J connectivity index is 1.44. The van der Waals surface area contributed by atoms with Crippen molar-refractivity contribution < 1.29 is 23.9 Å². The molecule has 0 atom stereocenters. The van der Waals surface area contributed by atoms with Crippen LogP contribution in [0, 0.1) is 0 Å². The number of aromatic nitrogens is 3. The Hall–Kier alpha value is -3.43. The third-order valence-electron chi connectivity index (χ3n) is 4.51. The van der Waals surface area contributed by atoms with Crippen LogP contribution in [0.2, 0.25) is 0 Å². The molecule has 0 aliphatic carbocycles. The van der Waals surface area contributed by atoms with Gasteiger partial charge in [-0.25, -0.2) is 14.6 Å². The van der Waals surface area contributed by atoms with Gasteiger partial charge in [-0.05, 0) is 31.9 Å². The lowest BCUT2D eigenvalue weighted by molar-refractivity contribution is -0.125. The van der Waals surface area contributed by atoms with Gasteiger partial charge in [-0.2, -0.15) is 5.10 Å². The van der Waals surface area contributed by atoms with Gasteiger partial charge in [-0.3, -0.25) is 9.89 Å². The number of hydrogen-bond donors (Lipinski definition) is 2. The second kappa shape index (κ2) is 9.67. The number of ether oxygens (including phenoxy) is 2. The quantitative estimate of drug-likeness (QED) is 0.700. The fourth-order valence-corrected chi connectivity index (χ4v) is 3.04. The number of aromatic amines is 1. The summed E-state index contributed by atoms with van der Waals surface area (Å²) in [6, 6.07) is 6.64. The minimum absolute atomic E-state index is 0.0679. The molecule has 1 aliphatic heterocycles. The number of esters is 1. The van der Waals surface area contributed by atoms with E-state index in [4.69, 9.17) is 9.47 Å². The van der Waals surface area contributed by atoms with Gasteiger partial charge in [0.1, 0.15) is 6.33 Å². The predicted molar refractivity (Wildman–Crippen MR) is 102 cm³/mol. The minimum Gasteiger partial charge on any atom is -0.452 e. The van der Waals surface area contributed by atoms with E-state index in [0.717, 1.165) is 0 Å². The van der Waals surface area contributed by atoms with Crippen molar-refractivity contribution in [2.45, 2.75) is 25.8 Å². The molecule has 1 saturated heterocycles. The molecule has 10 nitrogen and oxygen atoms in total. The molecule has 0 radical (unpaired) electrons. The van der Waals surface area contributed by atoms with E-state index in [2.05, 4.69) is 20.5 Å². The molecule has 154 valence electrons. The van der Waals surface area contributed by atoms with Crippen LogP contribution in [0.1, 0.15) is 30.1 Å². The molecule has 1 fully saturated rings. The minimum atomic E-state index is -0.598. The summed E-state index contributed by atoms with van der Waals surface area (Å²) in [7, 11) is 0. The number of carbonyl (C=O) groups is 3. The van der Waals surface area contributed by atoms with Crippen molar-refractivity contribution in [1.82, 2.24) is 25.4 Å². The Bertz CT molecular complexity index is 846. The summed E-state index contributed by atoms with van der Waals surface area (Å²) in [5, 5.41) is 9.33. The molecule has 0 unspecified atom stereocenters. The van der Waals surface area contributed by atoms with E-state index in [1.807, 2.05) is 0 Å². The first kappa shape index (κ1) is 20.3. The van der Waals surface area contributed by atoms with Crippen molar-refractivity contribution >= 4 is 18.0 Å². The normalized spacial score (nSPS) is 14.3. The number of carbonyl (C=O) groups excluding carboxylic acids is 3. The monoisotopic (exact) mass is 401 g/mol. The number of likely N-dealkylation sites (tertiary alicyclic amines) is 1. The van der Waals surface area contributed by atoms with Gasteiger partial charge in [0, 0.05) is 24.7 Å². The highest BCUT2D eigenvalue weighted by atomic mass is 16.6. The van der Waals surface area contributed by atoms with E-state index < -0.39 is 5.97 Å². The second-order valence-electron chi connectivity index (χ2n) is 6.52. The number of amides is 2. The van der Waals surface area contributed by atoms with E-state index in [0.29, 0.717) is 49.5 Å². The fourth-order valence-electron chi connectivity index (χ4n) is 3.04. The molecule has 0 bridgehead atoms. The maximum absolute atomic E-state index is 12.2. The molecule has 29 heavy (non-hydrogen) atoms. The Morgan fingerprint density at radius 3 is 2.72 bits per heavy atom. The SMILES string of the molecule is CCOC(=O)N1CCC(NC(=O)COC(=O)c2cccc(-c3ncn[nH]3)c2)CC1. The molecule has 0 spiro atoms. The van der Waals surface area contributed by atoms with Crippen molar-refractivity contribution in [2.24, 2.45) is 0 Å². The van der Waals surface area contributed by atoms with Crippen LogP contribution in [0.15, 0.2) is 30.6 Å². The fraction of sp³-hybridized carbons (Fsp3) is 0.421. The van der Waals surface area contributed by atoms with Gasteiger partial charge in [0.2, 0.25) is 0 Å². The van der Waals surface area contributed by atoms with Gasteiger partial charge in [0.15, 0.2) is 12.4 Å². The highest BCUT2D eigenvalue weighted by molar-refractivity contribution is 5.92. The maximum atomic E-state index is 12.2. The number of nitrogens with one attached hydrogen (secondary N) is 2. The van der Waals surface area contributed by atoms with E-state index in [1.165, 1.54) is 6.33 Å². The molecule has 2 amide bonds. The van der Waals surface area contributed by atoms with Gasteiger partial charge in [-0.15, -0.1) is 0 Å². The largest absolute Gasteiger partial charge is 0.452 e. The van der Waals surface area contributed by atoms with Crippen LogP contribution in [0.4, 0.5) is 4.79 Å². The molecule has 2 heterocycles. The van der Waals surface area contributed by atoms with E-state index in [9.17, 15) is 14.4 Å². The number of nitrogens with zero attached hydrogens (tertiary/aromatic N) is 3. The summed E-state index contributed by atoms with van der Waals surface area (Å²) in [5.74, 6) is -0.440. The van der Waals surface area contributed by atoms with E-state index in [-0.39, 0.29) is 24.6 Å². The molecule has 1 aromatic carbocycles. The molecule has 2 aromatic rings. The number of benzene rings is 1. The van der Waals surface area contributed by atoms with E-state index in [1.54, 1.807) is 36.1 Å². The average Bonchev–Trinajstić information content (AvgIpc) is 3.28. The molecule has 1 aromatic heterocycles. The van der Waals surface area contributed by atoms with Crippen molar-refractivity contribution in [3.63, 3.8) is 0 Å². The summed E-state index contributed by atoms with van der Waals surface area (Å²) < 4.78 is 10.1. The van der Waals surface area contributed by atoms with Gasteiger partial charge >= 0.3 is 12.1 Å². The summed E-state index contributed by atoms with van der Waals surface area (Å²) >= 11 is 0. The first-order chi connectivity index (χ1) is 14.1. The Morgan fingerprint density at radius 2 is 2.03 bits per heavy atom. The number of rotatable bonds is 6. The number of piperidine rings is 1. The van der Waals surface area contributed by atoms with Gasteiger partial charge < -0.3 is 19.7 Å². The van der Waals surface area contributed by atoms with Crippen molar-refractivity contribution in [1.29, 1.82) is 0 Å². The smallest absolute Gasteiger partial charge is 0.409 e. The maximum Gasteiger partial charge on any atom is 0.409 e. The van der Waals surface area contributed by atoms with Crippen LogP contribution < -0.4 is 5.32 Å². The van der Waals surface area contributed by atoms with Gasteiger partial charge in [0.25, 0.3) is 5.91 Å². The summed E-state index contributed by atoms with van der Waals surface area (Å²) in [6.07, 6.45) is 2.29. The Morgan fingerprint density at radius 1 is 1.24 bits per heavy atom. The topological polar surface area (TPSA) is 127 Å². The summed E-state index contributed by atoms with van der Waals surface area (Å²) in [5.41, 5.74) is 1.00. The lowest BCUT2D eigenvalue weighted by Crippen LogP contribution is -2.47. The third-order valence-corrected chi connectivity index (χ3v) is 4.51. The molecular formula is C19H23N5O5. The lowest BCUT2D eigenvalue weighted by Gasteiger charge is -2.31. The predicted octanol–water partition coefficient (Wildman–Crippen LogP) is 1.37. The standard InChI is InChI=1S/C19H23N5O5/c1-2-28-19(27)24-8-6-15(7-9-24)22-16(25)11-29-18(26)14-5-3-4-13(10-14)17-20-12-21-23-17/h3-5,10,12,15H,2,6-9,11H2,1H3,(H,22,25)(H,20,21,23). The number of H-pyrrole nitrogens is 1. The lowest BCUT2D eigenvalue weighted by atomic mass is 10.1. The van der Waals surface area contributed by atoms with Crippen LogP contribution in [0.3, 0.4) is 0 Å². The van der Waals surface area contributed by atoms with Crippen LogP contribution >= 0.6 is 0 Å². The average molecular weight is 401 g/mol. The molecule has 1 aliphatic rings. The first-order valence-corrected chi connectivity index (χ1v) is 9.40. The molecule has 0 saturated carbocycles. The zero-order valence-corrected chi connectivity index (χ0v) is 16.1. The van der Waals surface area contributed by atoms with E-state index >= 15 is 0 Å². The van der Waals surface area contributed by atoms with Gasteiger partial charge in [-0.1, -0.05) is 12.1 Å². The zero-order valence-electron chi connectivity index (χ0n) is 16.1. The molecule has 3 rings (SSSR count). The third kappa shape index (κ3) is 5.53. The first-order valence-electron chi connectivity index (χ1n) is 9.40. The van der Waals surface area contributed by atoms with Gasteiger partial charge in [0.05, 0.1) is 12.2 Å². The highest BCUT2D eigenvalue weighted by Crippen LogP contribution is 2.16. The van der Waals surface area contributed by atoms with Crippen LogP contribution in [0.5, 0.6) is 0 Å². The molecule has 10 heteroatoms. The van der Waals surface area contributed by atoms with Crippen molar-refractivity contribution in [2.75, 3.05) is 26.3 Å². The zero-order chi connectivity index (χ0) is 20.6. The Kier molecular flexibility index (Phi) is 6.77. The van der Waals surface area contributed by atoms with Crippen molar-refractivity contribution in [3.8, 4) is 11.4 Å². The Labute approximate surface area is 167 Å². The van der Waals surface area contributed by atoms with Crippen LogP contribution in [-0.4, -0.2) is 70.4 Å². The molecular weight excluding hydrogens is 378 g/mol. The van der Waals surface area contributed by atoms with Crippen LogP contribution in [0.25, 0.3) is 11.4 Å². The molecule has 2 N–H and O–H groups in total. The number of hydrogen-bond acceptors (Lipinski definition) is 7. The summed E-state index contributed by atoms with van der Waals surface area (Å²) in [4.78, 5) is 41.7. The van der Waals surface area contributed by atoms with Crippen LogP contribution in [-0.2, 0) is 14.3 Å². The summed E-state index contributed by atoms with van der Waals surface area (Å²) in [6.45, 7) is 2.75. The highest BCUT2D eigenvalue weighted by Gasteiger charge is 2.24.